The number of hydrogen-bond acceptors (Lipinski definition) is 1. The highest BCUT2D eigenvalue weighted by Gasteiger charge is 2.37. The molecule has 1 fully saturated rings. The Kier molecular flexibility index (Phi) is 2.86. The second kappa shape index (κ2) is 4.39. The van der Waals surface area contributed by atoms with E-state index < -0.39 is 5.67 Å². The molecule has 2 atom stereocenters. The summed E-state index contributed by atoms with van der Waals surface area (Å²) in [6, 6.07) is 7.82. The molecule has 2 heterocycles. The SMILES string of the molecule is CC(F)(c1cccc2[nH]ccc12)C1CCCNC1. The first-order valence-electron chi connectivity index (χ1n) is 6.66. The van der Waals surface area contributed by atoms with E-state index in [0.29, 0.717) is 0 Å². The number of rotatable bonds is 2. The number of nitrogens with one attached hydrogen (secondary N) is 2. The minimum absolute atomic E-state index is 0.0618. The summed E-state index contributed by atoms with van der Waals surface area (Å²) in [4.78, 5) is 3.15. The summed E-state index contributed by atoms with van der Waals surface area (Å²) < 4.78 is 15.3. The van der Waals surface area contributed by atoms with Gasteiger partial charge < -0.3 is 10.3 Å². The summed E-state index contributed by atoms with van der Waals surface area (Å²) in [5.41, 5.74) is 0.560. The number of H-pyrrole nitrogens is 1. The first-order chi connectivity index (χ1) is 8.69. The fourth-order valence-corrected chi connectivity index (χ4v) is 3.05. The van der Waals surface area contributed by atoms with Gasteiger partial charge in [-0.1, -0.05) is 12.1 Å². The monoisotopic (exact) mass is 246 g/mol. The van der Waals surface area contributed by atoms with Gasteiger partial charge in [-0.2, -0.15) is 0 Å². The average Bonchev–Trinajstić information content (AvgIpc) is 2.87. The standard InChI is InChI=1S/C15H19FN2/c1-15(16,11-4-3-8-17-10-11)13-5-2-6-14-12(13)7-9-18-14/h2,5-7,9,11,17-18H,3-4,8,10H2,1H3. The van der Waals surface area contributed by atoms with Gasteiger partial charge in [0.1, 0.15) is 5.67 Å². The molecule has 0 radical (unpaired) electrons. The molecule has 0 saturated carbocycles. The Bertz CT molecular complexity index is 538. The Morgan fingerprint density at radius 1 is 1.33 bits per heavy atom. The zero-order valence-corrected chi connectivity index (χ0v) is 10.7. The lowest BCUT2D eigenvalue weighted by atomic mass is 9.79. The van der Waals surface area contributed by atoms with Gasteiger partial charge in [-0.25, -0.2) is 4.39 Å². The zero-order chi connectivity index (χ0) is 12.6. The van der Waals surface area contributed by atoms with Gasteiger partial charge in [0.2, 0.25) is 0 Å². The summed E-state index contributed by atoms with van der Waals surface area (Å²) in [5.74, 6) is 0.0618. The van der Waals surface area contributed by atoms with Crippen LogP contribution in [0.4, 0.5) is 4.39 Å². The van der Waals surface area contributed by atoms with Gasteiger partial charge in [0.15, 0.2) is 0 Å². The molecule has 18 heavy (non-hydrogen) atoms. The molecule has 1 aliphatic rings. The van der Waals surface area contributed by atoms with Crippen molar-refractivity contribution < 1.29 is 4.39 Å². The average molecular weight is 246 g/mol. The molecule has 1 aliphatic heterocycles. The van der Waals surface area contributed by atoms with Gasteiger partial charge in [-0.15, -0.1) is 0 Å². The number of alkyl halides is 1. The Labute approximate surface area is 107 Å². The van der Waals surface area contributed by atoms with Crippen molar-refractivity contribution in [2.24, 2.45) is 5.92 Å². The minimum atomic E-state index is -1.27. The molecular formula is C15H19FN2. The Hall–Kier alpha value is -1.35. The molecule has 2 nitrogen and oxygen atoms in total. The summed E-state index contributed by atoms with van der Waals surface area (Å²) in [7, 11) is 0. The van der Waals surface area contributed by atoms with Crippen LogP contribution < -0.4 is 5.32 Å². The Morgan fingerprint density at radius 2 is 2.22 bits per heavy atom. The van der Waals surface area contributed by atoms with E-state index in [2.05, 4.69) is 10.3 Å². The van der Waals surface area contributed by atoms with Gasteiger partial charge in [-0.3, -0.25) is 0 Å². The van der Waals surface area contributed by atoms with Crippen molar-refractivity contribution in [3.05, 3.63) is 36.0 Å². The smallest absolute Gasteiger partial charge is 0.137 e. The molecule has 1 aromatic heterocycles. The van der Waals surface area contributed by atoms with Gasteiger partial charge in [0.25, 0.3) is 0 Å². The molecule has 0 spiro atoms. The molecule has 0 aliphatic carbocycles. The largest absolute Gasteiger partial charge is 0.361 e. The van der Waals surface area contributed by atoms with Gasteiger partial charge in [-0.05, 0) is 44.0 Å². The molecule has 0 amide bonds. The number of halogens is 1. The van der Waals surface area contributed by atoms with Crippen LogP contribution in [0, 0.1) is 5.92 Å². The third-order valence-electron chi connectivity index (χ3n) is 4.19. The van der Waals surface area contributed by atoms with E-state index in [-0.39, 0.29) is 5.92 Å². The zero-order valence-electron chi connectivity index (χ0n) is 10.7. The Balaban J connectivity index is 2.03. The van der Waals surface area contributed by atoms with Gasteiger partial charge in [0.05, 0.1) is 0 Å². The van der Waals surface area contributed by atoms with Crippen molar-refractivity contribution in [1.29, 1.82) is 0 Å². The van der Waals surface area contributed by atoms with Crippen LogP contribution in [0.25, 0.3) is 10.9 Å². The molecule has 2 unspecified atom stereocenters. The first kappa shape index (κ1) is 11.7. The van der Waals surface area contributed by atoms with E-state index in [4.69, 9.17) is 0 Å². The molecule has 3 heteroatoms. The van der Waals surface area contributed by atoms with Crippen molar-refractivity contribution in [2.75, 3.05) is 13.1 Å². The van der Waals surface area contributed by atoms with Crippen molar-refractivity contribution in [3.63, 3.8) is 0 Å². The molecule has 2 aromatic rings. The molecular weight excluding hydrogens is 227 g/mol. The number of piperidine rings is 1. The van der Waals surface area contributed by atoms with Crippen LogP contribution in [0.1, 0.15) is 25.3 Å². The highest BCUT2D eigenvalue weighted by atomic mass is 19.1. The van der Waals surface area contributed by atoms with Crippen LogP contribution in [0.2, 0.25) is 0 Å². The van der Waals surface area contributed by atoms with Crippen LogP contribution in [-0.4, -0.2) is 18.1 Å². The quantitative estimate of drug-likeness (QED) is 0.835. The van der Waals surface area contributed by atoms with Gasteiger partial charge >= 0.3 is 0 Å². The number of aromatic nitrogens is 1. The topological polar surface area (TPSA) is 27.8 Å². The van der Waals surface area contributed by atoms with E-state index in [1.165, 1.54) is 0 Å². The number of aromatic amines is 1. The van der Waals surface area contributed by atoms with E-state index in [9.17, 15) is 0 Å². The lowest BCUT2D eigenvalue weighted by molar-refractivity contribution is 0.0827. The normalized spacial score (nSPS) is 24.0. The highest BCUT2D eigenvalue weighted by Crippen LogP contribution is 2.40. The van der Waals surface area contributed by atoms with Crippen LogP contribution in [-0.2, 0) is 5.67 Å². The van der Waals surface area contributed by atoms with Crippen LogP contribution in [0.15, 0.2) is 30.5 Å². The van der Waals surface area contributed by atoms with Crippen LogP contribution in [0.5, 0.6) is 0 Å². The fourth-order valence-electron chi connectivity index (χ4n) is 3.05. The van der Waals surface area contributed by atoms with Crippen molar-refractivity contribution in [1.82, 2.24) is 10.3 Å². The van der Waals surface area contributed by atoms with Crippen LogP contribution >= 0.6 is 0 Å². The summed E-state index contributed by atoms with van der Waals surface area (Å²) in [6.45, 7) is 3.52. The molecule has 96 valence electrons. The molecule has 0 bridgehead atoms. The van der Waals surface area contributed by atoms with Crippen LogP contribution in [0.3, 0.4) is 0 Å². The predicted molar refractivity (Wildman–Crippen MR) is 72.4 cm³/mol. The minimum Gasteiger partial charge on any atom is -0.361 e. The van der Waals surface area contributed by atoms with E-state index >= 15 is 4.39 Å². The number of fused-ring (bicyclic) bond motifs is 1. The third-order valence-corrected chi connectivity index (χ3v) is 4.19. The maximum Gasteiger partial charge on any atom is 0.137 e. The van der Waals surface area contributed by atoms with E-state index in [0.717, 1.165) is 42.4 Å². The molecule has 1 saturated heterocycles. The maximum atomic E-state index is 15.3. The van der Waals surface area contributed by atoms with E-state index in [1.54, 1.807) is 6.92 Å². The predicted octanol–water partition coefficient (Wildman–Crippen LogP) is 3.35. The molecule has 3 rings (SSSR count). The second-order valence-corrected chi connectivity index (χ2v) is 5.36. The number of hydrogen-bond donors (Lipinski definition) is 2. The Morgan fingerprint density at radius 3 is 3.00 bits per heavy atom. The molecule has 1 aromatic carbocycles. The van der Waals surface area contributed by atoms with E-state index in [1.807, 2.05) is 30.5 Å². The summed E-state index contributed by atoms with van der Waals surface area (Å²) in [6.07, 6.45) is 3.90. The van der Waals surface area contributed by atoms with Gasteiger partial charge in [0, 0.05) is 29.6 Å². The van der Waals surface area contributed by atoms with Crippen molar-refractivity contribution in [3.8, 4) is 0 Å². The van der Waals surface area contributed by atoms with Crippen molar-refractivity contribution in [2.45, 2.75) is 25.4 Å². The lowest BCUT2D eigenvalue weighted by Gasteiger charge is -2.34. The number of benzene rings is 1. The maximum absolute atomic E-state index is 15.3. The molecule has 2 N–H and O–H groups in total. The third kappa shape index (κ3) is 1.83. The highest BCUT2D eigenvalue weighted by molar-refractivity contribution is 5.83. The second-order valence-electron chi connectivity index (χ2n) is 5.36. The summed E-state index contributed by atoms with van der Waals surface area (Å²) >= 11 is 0. The summed E-state index contributed by atoms with van der Waals surface area (Å²) in [5, 5.41) is 4.31. The van der Waals surface area contributed by atoms with Crippen molar-refractivity contribution >= 4 is 10.9 Å². The first-order valence-corrected chi connectivity index (χ1v) is 6.66. The lowest BCUT2D eigenvalue weighted by Crippen LogP contribution is -2.40. The fraction of sp³-hybridized carbons (Fsp3) is 0.467.